The Morgan fingerprint density at radius 1 is 1.07 bits per heavy atom. The summed E-state index contributed by atoms with van der Waals surface area (Å²) in [6, 6.07) is 13.8. The van der Waals surface area contributed by atoms with Crippen LogP contribution in [0.2, 0.25) is 0 Å². The zero-order chi connectivity index (χ0) is 20.0. The highest BCUT2D eigenvalue weighted by molar-refractivity contribution is 7.89. The number of hydrazone groups is 1. The molecule has 0 saturated heterocycles. The van der Waals surface area contributed by atoms with E-state index in [4.69, 9.17) is 17.0 Å². The first-order valence-corrected chi connectivity index (χ1v) is 9.87. The predicted octanol–water partition coefficient (Wildman–Crippen LogP) is 2.66. The quantitative estimate of drug-likeness (QED) is 0.436. The van der Waals surface area contributed by atoms with Crippen LogP contribution < -0.4 is 15.5 Å². The molecule has 0 aliphatic rings. The van der Waals surface area contributed by atoms with Crippen molar-refractivity contribution in [3.8, 4) is 5.75 Å². The number of thiocarbonyl (C=S) groups is 1. The lowest BCUT2D eigenvalue weighted by molar-refractivity contribution is 0.415. The zero-order valence-corrected chi connectivity index (χ0v) is 17.2. The van der Waals surface area contributed by atoms with Gasteiger partial charge in [-0.3, -0.25) is 5.43 Å². The van der Waals surface area contributed by atoms with Crippen molar-refractivity contribution in [3.63, 3.8) is 0 Å². The van der Waals surface area contributed by atoms with Crippen molar-refractivity contribution in [2.45, 2.75) is 11.8 Å². The predicted molar refractivity (Wildman–Crippen MR) is 112 cm³/mol. The Labute approximate surface area is 165 Å². The molecule has 0 aromatic heterocycles. The van der Waals surface area contributed by atoms with Crippen LogP contribution in [0.3, 0.4) is 0 Å². The van der Waals surface area contributed by atoms with E-state index in [0.717, 1.165) is 21.3 Å². The smallest absolute Gasteiger partial charge is 0.242 e. The molecule has 0 heterocycles. The maximum absolute atomic E-state index is 12.1. The van der Waals surface area contributed by atoms with Crippen molar-refractivity contribution in [1.29, 1.82) is 0 Å². The summed E-state index contributed by atoms with van der Waals surface area (Å²) in [7, 11) is 1.14. The third kappa shape index (κ3) is 5.49. The number of rotatable bonds is 6. The van der Waals surface area contributed by atoms with Gasteiger partial charge in [0.15, 0.2) is 5.11 Å². The van der Waals surface area contributed by atoms with Gasteiger partial charge in [-0.15, -0.1) is 0 Å². The highest BCUT2D eigenvalue weighted by Gasteiger charge is 2.16. The number of hydrogen-bond donors (Lipinski definition) is 2. The number of nitrogens with zero attached hydrogens (tertiary/aromatic N) is 2. The first-order valence-electron chi connectivity index (χ1n) is 8.02. The van der Waals surface area contributed by atoms with Crippen LogP contribution in [-0.2, 0) is 10.0 Å². The van der Waals surface area contributed by atoms with Crippen molar-refractivity contribution in [1.82, 2.24) is 9.73 Å². The van der Waals surface area contributed by atoms with E-state index in [1.807, 2.05) is 31.2 Å². The van der Waals surface area contributed by atoms with Gasteiger partial charge in [-0.2, -0.15) is 5.10 Å². The summed E-state index contributed by atoms with van der Waals surface area (Å²) in [6.07, 6.45) is 0. The zero-order valence-electron chi connectivity index (χ0n) is 15.6. The highest BCUT2D eigenvalue weighted by atomic mass is 32.2. The first-order chi connectivity index (χ1) is 12.7. The molecule has 0 bridgehead atoms. The van der Waals surface area contributed by atoms with Crippen molar-refractivity contribution in [2.24, 2.45) is 5.10 Å². The maximum atomic E-state index is 12.1. The number of hydrogen-bond acceptors (Lipinski definition) is 5. The SMILES string of the molecule is COc1ccc(C(C)=NNC(=S)Nc2ccc(S(=O)(=O)N(C)C)cc2)cc1. The molecule has 0 unspecified atom stereocenters. The van der Waals surface area contributed by atoms with Gasteiger partial charge < -0.3 is 10.1 Å². The fraction of sp³-hybridized carbons (Fsp3) is 0.222. The molecule has 2 aromatic carbocycles. The molecule has 0 atom stereocenters. The van der Waals surface area contributed by atoms with Crippen LogP contribution >= 0.6 is 12.2 Å². The summed E-state index contributed by atoms with van der Waals surface area (Å²) in [5.74, 6) is 0.774. The van der Waals surface area contributed by atoms with Gasteiger partial charge in [-0.25, -0.2) is 12.7 Å². The van der Waals surface area contributed by atoms with E-state index in [0.29, 0.717) is 10.8 Å². The molecule has 0 spiro atoms. The van der Waals surface area contributed by atoms with Crippen molar-refractivity contribution >= 4 is 38.8 Å². The number of ether oxygens (including phenoxy) is 1. The van der Waals surface area contributed by atoms with Crippen LogP contribution in [0.4, 0.5) is 5.69 Å². The fourth-order valence-corrected chi connectivity index (χ4v) is 3.18. The summed E-state index contributed by atoms with van der Waals surface area (Å²) in [5.41, 5.74) is 5.12. The summed E-state index contributed by atoms with van der Waals surface area (Å²) in [6.45, 7) is 1.86. The molecular weight excluding hydrogens is 384 g/mol. The Balaban J connectivity index is 1.98. The molecule has 0 aliphatic heterocycles. The number of methoxy groups -OCH3 is 1. The molecular formula is C18H22N4O3S2. The van der Waals surface area contributed by atoms with E-state index in [-0.39, 0.29) is 4.90 Å². The molecule has 0 radical (unpaired) electrons. The summed E-state index contributed by atoms with van der Waals surface area (Å²) in [4.78, 5) is 0.213. The minimum atomic E-state index is -3.45. The molecule has 144 valence electrons. The van der Waals surface area contributed by atoms with E-state index in [9.17, 15) is 8.42 Å². The van der Waals surface area contributed by atoms with Crippen LogP contribution in [-0.4, -0.2) is 44.8 Å². The van der Waals surface area contributed by atoms with Gasteiger partial charge in [0.25, 0.3) is 0 Å². The Morgan fingerprint density at radius 3 is 2.19 bits per heavy atom. The van der Waals surface area contributed by atoms with Crippen LogP contribution in [0.1, 0.15) is 12.5 Å². The number of anilines is 1. The fourth-order valence-electron chi connectivity index (χ4n) is 2.11. The number of nitrogens with one attached hydrogen (secondary N) is 2. The third-order valence-electron chi connectivity index (χ3n) is 3.72. The minimum absolute atomic E-state index is 0.213. The topological polar surface area (TPSA) is 83.0 Å². The summed E-state index contributed by atoms with van der Waals surface area (Å²) >= 11 is 5.22. The van der Waals surface area contributed by atoms with Gasteiger partial charge in [0.1, 0.15) is 5.75 Å². The number of benzene rings is 2. The van der Waals surface area contributed by atoms with Gasteiger partial charge in [0.05, 0.1) is 17.7 Å². The molecule has 0 amide bonds. The monoisotopic (exact) mass is 406 g/mol. The van der Waals surface area contributed by atoms with Crippen LogP contribution in [0.5, 0.6) is 5.75 Å². The van der Waals surface area contributed by atoms with Gasteiger partial charge in [-0.05, 0) is 73.2 Å². The van der Waals surface area contributed by atoms with Crippen LogP contribution in [0, 0.1) is 0 Å². The third-order valence-corrected chi connectivity index (χ3v) is 5.75. The lowest BCUT2D eigenvalue weighted by atomic mass is 10.1. The standard InChI is InChI=1S/C18H22N4O3S2/c1-13(14-5-9-16(25-4)10-6-14)20-21-18(26)19-15-7-11-17(12-8-15)27(23,24)22(2)3/h5-12H,1-4H3,(H2,19,21,26). The molecule has 27 heavy (non-hydrogen) atoms. The first kappa shape index (κ1) is 20.8. The van der Waals surface area contributed by atoms with Gasteiger partial charge >= 0.3 is 0 Å². The lowest BCUT2D eigenvalue weighted by Gasteiger charge is -2.12. The van der Waals surface area contributed by atoms with Crippen LogP contribution in [0.25, 0.3) is 0 Å². The molecule has 9 heteroatoms. The van der Waals surface area contributed by atoms with Crippen molar-refractivity contribution in [2.75, 3.05) is 26.5 Å². The average molecular weight is 407 g/mol. The second-order valence-corrected chi connectivity index (χ2v) is 8.36. The molecule has 0 saturated carbocycles. The van der Waals surface area contributed by atoms with Crippen LogP contribution in [0.15, 0.2) is 58.5 Å². The highest BCUT2D eigenvalue weighted by Crippen LogP contribution is 2.16. The maximum Gasteiger partial charge on any atom is 0.242 e. The van der Waals surface area contributed by atoms with E-state index in [1.165, 1.54) is 26.2 Å². The number of sulfonamides is 1. The van der Waals surface area contributed by atoms with E-state index in [2.05, 4.69) is 15.8 Å². The Bertz CT molecular complexity index is 922. The Morgan fingerprint density at radius 2 is 1.67 bits per heavy atom. The summed E-state index contributed by atoms with van der Waals surface area (Å²) < 4.78 is 30.4. The minimum Gasteiger partial charge on any atom is -0.497 e. The Kier molecular flexibility index (Phi) is 6.89. The van der Waals surface area contributed by atoms with Gasteiger partial charge in [0.2, 0.25) is 10.0 Å². The normalized spacial score (nSPS) is 12.0. The molecule has 2 rings (SSSR count). The van der Waals surface area contributed by atoms with Crippen molar-refractivity contribution < 1.29 is 13.2 Å². The van der Waals surface area contributed by atoms with E-state index < -0.39 is 10.0 Å². The molecule has 7 nitrogen and oxygen atoms in total. The van der Waals surface area contributed by atoms with Crippen molar-refractivity contribution in [3.05, 3.63) is 54.1 Å². The second-order valence-electron chi connectivity index (χ2n) is 5.80. The lowest BCUT2D eigenvalue weighted by Crippen LogP contribution is -2.25. The molecule has 2 aromatic rings. The Hall–Kier alpha value is -2.49. The van der Waals surface area contributed by atoms with Gasteiger partial charge in [0, 0.05) is 19.8 Å². The largest absolute Gasteiger partial charge is 0.497 e. The average Bonchev–Trinajstić information content (AvgIpc) is 2.66. The second kappa shape index (κ2) is 8.94. The van der Waals surface area contributed by atoms with E-state index >= 15 is 0 Å². The molecule has 0 fully saturated rings. The summed E-state index contributed by atoms with van der Waals surface area (Å²) in [5, 5.41) is 7.50. The molecule has 2 N–H and O–H groups in total. The van der Waals surface area contributed by atoms with E-state index in [1.54, 1.807) is 19.2 Å². The van der Waals surface area contributed by atoms with Gasteiger partial charge in [-0.1, -0.05) is 0 Å². The molecule has 0 aliphatic carbocycles.